The molecular formula is C16H24N4O4. The van der Waals surface area contributed by atoms with Crippen molar-refractivity contribution in [2.45, 2.75) is 44.3 Å². The van der Waals surface area contributed by atoms with Crippen molar-refractivity contribution in [3.8, 4) is 5.75 Å². The van der Waals surface area contributed by atoms with Gasteiger partial charge in [0.25, 0.3) is 6.04 Å². The van der Waals surface area contributed by atoms with Crippen molar-refractivity contribution in [3.05, 3.63) is 39.9 Å². The maximum atomic E-state index is 12.2. The van der Waals surface area contributed by atoms with E-state index in [1.54, 1.807) is 14.0 Å². The van der Waals surface area contributed by atoms with Crippen molar-refractivity contribution in [2.75, 3.05) is 13.7 Å². The SMILES string of the molecule is COc1ccc(C(C)CCNC(=O)C2NNC(C)C2[N+](=O)[O-])cc1. The summed E-state index contributed by atoms with van der Waals surface area (Å²) in [5.41, 5.74) is 6.61. The number of benzene rings is 1. The van der Waals surface area contributed by atoms with E-state index in [2.05, 4.69) is 23.1 Å². The summed E-state index contributed by atoms with van der Waals surface area (Å²) < 4.78 is 5.13. The molecule has 1 aromatic rings. The molecule has 4 unspecified atom stereocenters. The third kappa shape index (κ3) is 4.21. The van der Waals surface area contributed by atoms with E-state index < -0.39 is 23.0 Å². The molecule has 8 heteroatoms. The van der Waals surface area contributed by atoms with Crippen molar-refractivity contribution < 1.29 is 14.5 Å². The summed E-state index contributed by atoms with van der Waals surface area (Å²) in [4.78, 5) is 22.8. The van der Waals surface area contributed by atoms with Gasteiger partial charge in [-0.3, -0.25) is 14.9 Å². The predicted molar refractivity (Wildman–Crippen MR) is 89.3 cm³/mol. The zero-order valence-electron chi connectivity index (χ0n) is 14.1. The summed E-state index contributed by atoms with van der Waals surface area (Å²) in [5, 5.41) is 13.9. The summed E-state index contributed by atoms with van der Waals surface area (Å²) in [7, 11) is 1.62. The number of hydrogen-bond acceptors (Lipinski definition) is 6. The van der Waals surface area contributed by atoms with E-state index in [1.165, 1.54) is 0 Å². The van der Waals surface area contributed by atoms with Crippen LogP contribution in [0.5, 0.6) is 5.75 Å². The number of hydrogen-bond donors (Lipinski definition) is 3. The van der Waals surface area contributed by atoms with Crippen LogP contribution in [0.1, 0.15) is 31.7 Å². The monoisotopic (exact) mass is 336 g/mol. The zero-order chi connectivity index (χ0) is 17.7. The second kappa shape index (κ2) is 8.07. The topological polar surface area (TPSA) is 106 Å². The molecule has 1 amide bonds. The Morgan fingerprint density at radius 3 is 2.62 bits per heavy atom. The van der Waals surface area contributed by atoms with Crippen molar-refractivity contribution in [1.82, 2.24) is 16.2 Å². The first-order valence-corrected chi connectivity index (χ1v) is 8.00. The predicted octanol–water partition coefficient (Wildman–Crippen LogP) is 0.815. The van der Waals surface area contributed by atoms with E-state index in [0.29, 0.717) is 6.54 Å². The molecule has 1 saturated heterocycles. The minimum Gasteiger partial charge on any atom is -0.497 e. The van der Waals surface area contributed by atoms with Gasteiger partial charge in [-0.05, 0) is 37.0 Å². The molecule has 0 saturated carbocycles. The van der Waals surface area contributed by atoms with E-state index in [9.17, 15) is 14.9 Å². The molecule has 0 radical (unpaired) electrons. The number of ether oxygens (including phenoxy) is 1. The summed E-state index contributed by atoms with van der Waals surface area (Å²) in [6, 6.07) is 5.59. The second-order valence-electron chi connectivity index (χ2n) is 6.08. The number of rotatable bonds is 7. The Kier molecular flexibility index (Phi) is 6.10. The zero-order valence-corrected chi connectivity index (χ0v) is 14.1. The van der Waals surface area contributed by atoms with Crippen LogP contribution in [-0.4, -0.2) is 42.6 Å². The minimum absolute atomic E-state index is 0.260. The van der Waals surface area contributed by atoms with Gasteiger partial charge in [0.05, 0.1) is 13.2 Å². The van der Waals surface area contributed by atoms with Gasteiger partial charge in [-0.1, -0.05) is 19.1 Å². The van der Waals surface area contributed by atoms with Crippen LogP contribution in [-0.2, 0) is 4.79 Å². The molecule has 4 atom stereocenters. The van der Waals surface area contributed by atoms with Crippen LogP contribution >= 0.6 is 0 Å². The number of carbonyl (C=O) groups excluding carboxylic acids is 1. The molecule has 2 rings (SSSR count). The first-order chi connectivity index (χ1) is 11.4. The molecule has 3 N–H and O–H groups in total. The molecule has 1 aromatic carbocycles. The lowest BCUT2D eigenvalue weighted by molar-refractivity contribution is -0.523. The Morgan fingerprint density at radius 2 is 2.04 bits per heavy atom. The molecule has 8 nitrogen and oxygen atoms in total. The van der Waals surface area contributed by atoms with Crippen molar-refractivity contribution in [3.63, 3.8) is 0 Å². The van der Waals surface area contributed by atoms with Gasteiger partial charge in [0.15, 0.2) is 6.04 Å². The second-order valence-corrected chi connectivity index (χ2v) is 6.08. The van der Waals surface area contributed by atoms with E-state index >= 15 is 0 Å². The molecule has 0 aliphatic carbocycles. The Labute approximate surface area is 141 Å². The van der Waals surface area contributed by atoms with Gasteiger partial charge in [0.1, 0.15) is 5.75 Å². The highest BCUT2D eigenvalue weighted by Crippen LogP contribution is 2.21. The summed E-state index contributed by atoms with van der Waals surface area (Å²) in [6.45, 7) is 4.22. The van der Waals surface area contributed by atoms with Gasteiger partial charge in [0, 0.05) is 11.5 Å². The molecule has 0 aromatic heterocycles. The number of hydrazine groups is 1. The Bertz CT molecular complexity index is 578. The fraction of sp³-hybridized carbons (Fsp3) is 0.562. The fourth-order valence-corrected chi connectivity index (χ4v) is 2.83. The Hall–Kier alpha value is -2.19. The minimum atomic E-state index is -0.969. The maximum Gasteiger partial charge on any atom is 0.254 e. The first kappa shape index (κ1) is 18.2. The molecule has 24 heavy (non-hydrogen) atoms. The molecule has 1 aliphatic rings. The third-order valence-electron chi connectivity index (χ3n) is 4.41. The lowest BCUT2D eigenvalue weighted by Crippen LogP contribution is -2.50. The van der Waals surface area contributed by atoms with Crippen LogP contribution < -0.4 is 20.9 Å². The van der Waals surface area contributed by atoms with Crippen molar-refractivity contribution >= 4 is 5.91 Å². The molecular weight excluding hydrogens is 312 g/mol. The van der Waals surface area contributed by atoms with Crippen LogP contribution in [0.2, 0.25) is 0 Å². The van der Waals surface area contributed by atoms with E-state index in [1.807, 2.05) is 24.3 Å². The largest absolute Gasteiger partial charge is 0.497 e. The quantitative estimate of drug-likeness (QED) is 0.503. The van der Waals surface area contributed by atoms with Gasteiger partial charge < -0.3 is 10.1 Å². The number of nitrogens with zero attached hydrogens (tertiary/aromatic N) is 1. The van der Waals surface area contributed by atoms with Gasteiger partial charge in [-0.2, -0.15) is 0 Å². The third-order valence-corrected chi connectivity index (χ3v) is 4.41. The van der Waals surface area contributed by atoms with Crippen LogP contribution in [0.4, 0.5) is 0 Å². The number of nitrogens with one attached hydrogen (secondary N) is 3. The van der Waals surface area contributed by atoms with E-state index in [-0.39, 0.29) is 11.8 Å². The van der Waals surface area contributed by atoms with Crippen molar-refractivity contribution in [1.29, 1.82) is 0 Å². The van der Waals surface area contributed by atoms with E-state index in [0.717, 1.165) is 17.7 Å². The van der Waals surface area contributed by atoms with Crippen molar-refractivity contribution in [2.24, 2.45) is 0 Å². The first-order valence-electron chi connectivity index (χ1n) is 8.00. The standard InChI is InChI=1S/C16H24N4O4/c1-10(12-4-6-13(24-3)7-5-12)8-9-17-16(21)14-15(20(22)23)11(2)18-19-14/h4-7,10-11,14-15,18-19H,8-9H2,1-3H3,(H,17,21). The van der Waals surface area contributed by atoms with Crippen LogP contribution in [0.25, 0.3) is 0 Å². The molecule has 0 bridgehead atoms. The summed E-state index contributed by atoms with van der Waals surface area (Å²) in [6.07, 6.45) is 0.747. The van der Waals surface area contributed by atoms with Gasteiger partial charge in [0.2, 0.25) is 5.91 Å². The number of methoxy groups -OCH3 is 1. The molecule has 1 aliphatic heterocycles. The number of amides is 1. The average molecular weight is 336 g/mol. The highest BCUT2D eigenvalue weighted by molar-refractivity contribution is 5.82. The summed E-state index contributed by atoms with van der Waals surface area (Å²) >= 11 is 0. The van der Waals surface area contributed by atoms with Gasteiger partial charge in [-0.25, -0.2) is 10.9 Å². The summed E-state index contributed by atoms with van der Waals surface area (Å²) in [5.74, 6) is 0.714. The van der Waals surface area contributed by atoms with Gasteiger partial charge in [-0.15, -0.1) is 0 Å². The number of carbonyl (C=O) groups is 1. The fourth-order valence-electron chi connectivity index (χ4n) is 2.83. The molecule has 0 spiro atoms. The highest BCUT2D eigenvalue weighted by Gasteiger charge is 2.46. The molecule has 1 fully saturated rings. The van der Waals surface area contributed by atoms with Crippen LogP contribution in [0.15, 0.2) is 24.3 Å². The smallest absolute Gasteiger partial charge is 0.254 e. The lowest BCUT2D eigenvalue weighted by atomic mass is 9.97. The maximum absolute atomic E-state index is 12.2. The molecule has 132 valence electrons. The average Bonchev–Trinajstić information content (AvgIpc) is 2.96. The van der Waals surface area contributed by atoms with E-state index in [4.69, 9.17) is 4.74 Å². The normalized spacial score (nSPS) is 24.4. The Balaban J connectivity index is 1.82. The van der Waals surface area contributed by atoms with Gasteiger partial charge >= 0.3 is 0 Å². The van der Waals surface area contributed by atoms with Crippen LogP contribution in [0, 0.1) is 10.1 Å². The van der Waals surface area contributed by atoms with Crippen LogP contribution in [0.3, 0.4) is 0 Å². The molecule has 1 heterocycles. The Morgan fingerprint density at radius 1 is 1.38 bits per heavy atom. The number of nitro groups is 1. The highest BCUT2D eigenvalue weighted by atomic mass is 16.6. The lowest BCUT2D eigenvalue weighted by Gasteiger charge is -2.16.